The van der Waals surface area contributed by atoms with Gasteiger partial charge in [-0.3, -0.25) is 33.7 Å². The van der Waals surface area contributed by atoms with Crippen molar-refractivity contribution in [1.29, 1.82) is 0 Å². The number of ether oxygens (including phenoxy) is 4. The summed E-state index contributed by atoms with van der Waals surface area (Å²) in [6.07, 6.45) is -5.60. The van der Waals surface area contributed by atoms with Crippen LogP contribution in [0.5, 0.6) is 0 Å². The van der Waals surface area contributed by atoms with Crippen molar-refractivity contribution in [2.75, 3.05) is 0 Å². The third-order valence-electron chi connectivity index (χ3n) is 5.25. The molecular formula is C22H23NO10. The van der Waals surface area contributed by atoms with Crippen LogP contribution in [-0.4, -0.2) is 71.0 Å². The number of benzene rings is 1. The summed E-state index contributed by atoms with van der Waals surface area (Å²) < 4.78 is 21.3. The summed E-state index contributed by atoms with van der Waals surface area (Å²) in [6.45, 7) is 4.42. The fraction of sp³-hybridized carbons (Fsp3) is 0.455. The molecule has 0 spiro atoms. The molecule has 11 nitrogen and oxygen atoms in total. The molecule has 33 heavy (non-hydrogen) atoms. The lowest BCUT2D eigenvalue weighted by atomic mass is 9.83. The van der Waals surface area contributed by atoms with Crippen molar-refractivity contribution in [2.24, 2.45) is 0 Å². The quantitative estimate of drug-likeness (QED) is 0.351. The summed E-state index contributed by atoms with van der Waals surface area (Å²) in [5.74, 6) is -4.38. The van der Waals surface area contributed by atoms with E-state index in [-0.39, 0.29) is 17.5 Å². The molecule has 1 aromatic rings. The van der Waals surface area contributed by atoms with E-state index in [1.807, 2.05) is 0 Å². The van der Waals surface area contributed by atoms with Gasteiger partial charge < -0.3 is 18.9 Å². The van der Waals surface area contributed by atoms with Crippen molar-refractivity contribution in [1.82, 2.24) is 4.90 Å². The smallest absolute Gasteiger partial charge is 0.303 e. The van der Waals surface area contributed by atoms with Gasteiger partial charge in [-0.1, -0.05) is 12.1 Å². The number of nitrogens with zero attached hydrogens (tertiary/aromatic N) is 1. The second-order valence-electron chi connectivity index (χ2n) is 7.70. The highest BCUT2D eigenvalue weighted by molar-refractivity contribution is 6.21. The summed E-state index contributed by atoms with van der Waals surface area (Å²) >= 11 is 0. The fourth-order valence-corrected chi connectivity index (χ4v) is 4.21. The first-order chi connectivity index (χ1) is 15.5. The Bertz CT molecular complexity index is 983. The minimum Gasteiger partial charge on any atom is -0.458 e. The molecule has 0 N–H and O–H groups in total. The van der Waals surface area contributed by atoms with Gasteiger partial charge in [0.25, 0.3) is 11.8 Å². The molecular weight excluding hydrogens is 438 g/mol. The van der Waals surface area contributed by atoms with Gasteiger partial charge in [0.15, 0.2) is 18.3 Å². The zero-order valence-corrected chi connectivity index (χ0v) is 18.4. The molecule has 0 unspecified atom stereocenters. The van der Waals surface area contributed by atoms with Crippen LogP contribution in [0, 0.1) is 0 Å². The molecule has 5 atom stereocenters. The summed E-state index contributed by atoms with van der Waals surface area (Å²) in [5.41, 5.74) is 0.304. The van der Waals surface area contributed by atoms with Gasteiger partial charge >= 0.3 is 23.9 Å². The number of hydrogen-bond acceptors (Lipinski definition) is 10. The Morgan fingerprint density at radius 2 is 1.12 bits per heavy atom. The lowest BCUT2D eigenvalue weighted by Gasteiger charge is -2.46. The fourth-order valence-electron chi connectivity index (χ4n) is 4.21. The molecule has 0 aromatic heterocycles. The second-order valence-corrected chi connectivity index (χ2v) is 7.70. The molecule has 1 aliphatic heterocycles. The monoisotopic (exact) mass is 461 g/mol. The van der Waals surface area contributed by atoms with Gasteiger partial charge in [-0.2, -0.15) is 0 Å². The number of hydrogen-bond donors (Lipinski definition) is 0. The van der Waals surface area contributed by atoms with Crippen LogP contribution in [-0.2, 0) is 38.1 Å². The summed E-state index contributed by atoms with van der Waals surface area (Å²) in [4.78, 5) is 74.5. The van der Waals surface area contributed by atoms with Crippen molar-refractivity contribution in [3.8, 4) is 0 Å². The third kappa shape index (κ3) is 4.86. The molecule has 1 saturated carbocycles. The molecule has 11 heteroatoms. The van der Waals surface area contributed by atoms with Crippen molar-refractivity contribution >= 4 is 35.7 Å². The minimum atomic E-state index is -1.46. The first-order valence-corrected chi connectivity index (χ1v) is 10.2. The maximum Gasteiger partial charge on any atom is 0.303 e. The van der Waals surface area contributed by atoms with E-state index in [4.69, 9.17) is 18.9 Å². The number of fused-ring (bicyclic) bond motifs is 1. The zero-order valence-electron chi connectivity index (χ0n) is 18.4. The molecule has 2 aliphatic rings. The van der Waals surface area contributed by atoms with E-state index in [9.17, 15) is 28.8 Å². The van der Waals surface area contributed by atoms with E-state index < -0.39 is 66.1 Å². The van der Waals surface area contributed by atoms with E-state index in [0.29, 0.717) is 0 Å². The Labute approximate surface area is 188 Å². The molecule has 1 heterocycles. The number of amides is 2. The van der Waals surface area contributed by atoms with Crippen molar-refractivity contribution in [2.45, 2.75) is 64.6 Å². The lowest BCUT2D eigenvalue weighted by molar-refractivity contribution is -0.216. The highest BCUT2D eigenvalue weighted by atomic mass is 16.6. The van der Waals surface area contributed by atoms with Crippen molar-refractivity contribution < 1.29 is 47.7 Å². The average Bonchev–Trinajstić information content (AvgIpc) is 2.96. The van der Waals surface area contributed by atoms with E-state index >= 15 is 0 Å². The number of imide groups is 1. The zero-order chi connectivity index (χ0) is 24.4. The molecule has 0 bridgehead atoms. The largest absolute Gasteiger partial charge is 0.458 e. The number of carbonyl (C=O) groups is 6. The molecule has 1 aliphatic carbocycles. The van der Waals surface area contributed by atoms with Gasteiger partial charge in [-0.05, 0) is 12.1 Å². The van der Waals surface area contributed by atoms with Gasteiger partial charge in [0, 0.05) is 34.1 Å². The molecule has 1 aromatic carbocycles. The van der Waals surface area contributed by atoms with Crippen molar-refractivity contribution in [3.05, 3.63) is 35.4 Å². The predicted molar refractivity (Wildman–Crippen MR) is 108 cm³/mol. The SMILES string of the molecule is CC(=O)O[C@H]1[C@H](OC(C)=O)[C@H](N2C(=O)c3ccccc3C2=O)C[C@@H](OC(C)=O)[C@H]1OC(C)=O. The first-order valence-electron chi connectivity index (χ1n) is 10.2. The maximum atomic E-state index is 13.1. The number of carbonyl (C=O) groups excluding carboxylic acids is 6. The Morgan fingerprint density at radius 1 is 0.697 bits per heavy atom. The number of esters is 4. The van der Waals surface area contributed by atoms with Crippen LogP contribution < -0.4 is 0 Å². The topological polar surface area (TPSA) is 143 Å². The Hall–Kier alpha value is -3.76. The van der Waals surface area contributed by atoms with Crippen LogP contribution in [0.2, 0.25) is 0 Å². The van der Waals surface area contributed by atoms with Crippen LogP contribution in [0.25, 0.3) is 0 Å². The Kier molecular flexibility index (Phi) is 6.80. The highest BCUT2D eigenvalue weighted by Crippen LogP contribution is 2.36. The van der Waals surface area contributed by atoms with Crippen LogP contribution in [0.3, 0.4) is 0 Å². The van der Waals surface area contributed by atoms with Gasteiger partial charge in [-0.25, -0.2) is 0 Å². The maximum absolute atomic E-state index is 13.1. The minimum absolute atomic E-state index is 0.152. The van der Waals surface area contributed by atoms with E-state index in [1.54, 1.807) is 12.1 Å². The predicted octanol–water partition coefficient (Wildman–Crippen LogP) is 0.782. The average molecular weight is 461 g/mol. The highest BCUT2D eigenvalue weighted by Gasteiger charge is 2.57. The van der Waals surface area contributed by atoms with Gasteiger partial charge in [0.05, 0.1) is 17.2 Å². The number of rotatable bonds is 5. The summed E-state index contributed by atoms with van der Waals surface area (Å²) in [5, 5.41) is 0. The van der Waals surface area contributed by atoms with E-state index in [1.165, 1.54) is 12.1 Å². The molecule has 0 saturated heterocycles. The van der Waals surface area contributed by atoms with E-state index in [2.05, 4.69) is 0 Å². The molecule has 3 rings (SSSR count). The molecule has 1 fully saturated rings. The Balaban J connectivity index is 2.10. The Morgan fingerprint density at radius 3 is 1.58 bits per heavy atom. The summed E-state index contributed by atoms with van der Waals surface area (Å²) in [6, 6.07) is 4.97. The summed E-state index contributed by atoms with van der Waals surface area (Å²) in [7, 11) is 0. The normalized spacial score (nSPS) is 26.3. The van der Waals surface area contributed by atoms with Crippen LogP contribution in [0.1, 0.15) is 54.8 Å². The molecule has 2 amide bonds. The van der Waals surface area contributed by atoms with Crippen molar-refractivity contribution in [3.63, 3.8) is 0 Å². The standard InChI is InChI=1S/C22H23NO10/c1-10(24)30-17-9-16(23-21(28)14-7-5-6-8-15(14)22(23)29)18(31-11(2)25)20(33-13(4)27)19(17)32-12(3)26/h5-8,16-20H,9H2,1-4H3/t16-,17-,18-,19-,20+/m1/s1. The lowest BCUT2D eigenvalue weighted by Crippen LogP contribution is -2.65. The van der Waals surface area contributed by atoms with Crippen LogP contribution in [0.15, 0.2) is 24.3 Å². The van der Waals surface area contributed by atoms with Gasteiger partial charge in [-0.15, -0.1) is 0 Å². The van der Waals surface area contributed by atoms with Crippen LogP contribution in [0.4, 0.5) is 0 Å². The molecule has 176 valence electrons. The molecule has 0 radical (unpaired) electrons. The first kappa shape index (κ1) is 23.9. The third-order valence-corrected chi connectivity index (χ3v) is 5.25. The van der Waals surface area contributed by atoms with Crippen LogP contribution >= 0.6 is 0 Å². The second kappa shape index (κ2) is 9.39. The van der Waals surface area contributed by atoms with Gasteiger partial charge in [0.1, 0.15) is 6.10 Å². The van der Waals surface area contributed by atoms with E-state index in [0.717, 1.165) is 32.6 Å². The van der Waals surface area contributed by atoms with Gasteiger partial charge in [0.2, 0.25) is 0 Å².